The lowest BCUT2D eigenvalue weighted by Gasteiger charge is -2.46. The lowest BCUT2D eigenvalue weighted by atomic mass is 9.94. The molecule has 4 aromatic rings. The van der Waals surface area contributed by atoms with Gasteiger partial charge in [0.2, 0.25) is 0 Å². The molecule has 0 bridgehead atoms. The van der Waals surface area contributed by atoms with Gasteiger partial charge in [-0.2, -0.15) is 0 Å². The minimum absolute atomic E-state index is 0.469. The minimum Gasteiger partial charge on any atom is -0.391 e. The minimum atomic E-state index is -0.833. The Kier molecular flexibility index (Phi) is 8.38. The van der Waals surface area contributed by atoms with Crippen molar-refractivity contribution < 1.29 is 19.3 Å². The van der Waals surface area contributed by atoms with Gasteiger partial charge in [0, 0.05) is 42.6 Å². The first-order chi connectivity index (χ1) is 18.4. The van der Waals surface area contributed by atoms with Gasteiger partial charge in [0.15, 0.2) is 0 Å². The number of pyridine rings is 2. The Balaban J connectivity index is 1.54. The third-order valence-electron chi connectivity index (χ3n) is 6.20. The highest BCUT2D eigenvalue weighted by atomic mass is 35.5. The molecule has 1 aliphatic rings. The van der Waals surface area contributed by atoms with E-state index in [4.69, 9.17) is 25.8 Å². The number of thioether (sulfide) groups is 1. The molecule has 38 heavy (non-hydrogen) atoms. The molecule has 0 spiro atoms. The molecule has 200 valence electrons. The predicted octanol–water partition coefficient (Wildman–Crippen LogP) is 4.29. The summed E-state index contributed by atoms with van der Waals surface area (Å²) in [7, 11) is 3.20. The molecule has 5 rings (SSSR count). The van der Waals surface area contributed by atoms with Crippen LogP contribution in [0.1, 0.15) is 18.7 Å². The van der Waals surface area contributed by atoms with Crippen molar-refractivity contribution in [2.24, 2.45) is 0 Å². The van der Waals surface area contributed by atoms with Gasteiger partial charge in [-0.1, -0.05) is 34.6 Å². The Labute approximate surface area is 233 Å². The fourth-order valence-electron chi connectivity index (χ4n) is 4.48. The fourth-order valence-corrected chi connectivity index (χ4v) is 6.76. The van der Waals surface area contributed by atoms with Gasteiger partial charge in [-0.15, -0.1) is 16.4 Å². The summed E-state index contributed by atoms with van der Waals surface area (Å²) >= 11 is 9.25. The molecular weight excluding hydrogens is 548 g/mol. The molecule has 5 heterocycles. The van der Waals surface area contributed by atoms with Crippen LogP contribution in [0.15, 0.2) is 53.1 Å². The highest BCUT2D eigenvalue weighted by Crippen LogP contribution is 2.43. The van der Waals surface area contributed by atoms with Gasteiger partial charge < -0.3 is 19.3 Å². The molecule has 4 unspecified atom stereocenters. The monoisotopic (exact) mass is 574 g/mol. The maximum atomic E-state index is 10.7. The van der Waals surface area contributed by atoms with Crippen LogP contribution < -0.4 is 0 Å². The number of ether oxygens (including phenoxy) is 3. The summed E-state index contributed by atoms with van der Waals surface area (Å²) in [5, 5.41) is 22.7. The van der Waals surface area contributed by atoms with E-state index in [-0.39, 0.29) is 0 Å². The van der Waals surface area contributed by atoms with Crippen molar-refractivity contribution in [3.63, 3.8) is 0 Å². The number of nitrogens with zero attached hydrogens (tertiary/aromatic N) is 6. The molecule has 1 saturated heterocycles. The van der Waals surface area contributed by atoms with E-state index in [1.807, 2.05) is 42.8 Å². The fraction of sp³-hybridized carbons (Fsp3) is 0.400. The Morgan fingerprint density at radius 2 is 2.00 bits per heavy atom. The molecule has 6 atom stereocenters. The number of aliphatic hydroxyl groups excluding tert-OH is 1. The normalized spacial score (nSPS) is 24.4. The first kappa shape index (κ1) is 27.1. The Morgan fingerprint density at radius 1 is 1.18 bits per heavy atom. The van der Waals surface area contributed by atoms with Crippen molar-refractivity contribution in [1.29, 1.82) is 0 Å². The number of rotatable bonds is 8. The molecule has 0 aromatic carbocycles. The van der Waals surface area contributed by atoms with Crippen LogP contribution >= 0.6 is 34.7 Å². The topological polar surface area (TPSA) is 117 Å². The van der Waals surface area contributed by atoms with Gasteiger partial charge in [-0.25, -0.2) is 9.67 Å². The van der Waals surface area contributed by atoms with E-state index in [0.717, 1.165) is 15.6 Å². The van der Waals surface area contributed by atoms with E-state index >= 15 is 0 Å². The molecule has 1 N–H and O–H groups in total. The average molecular weight is 575 g/mol. The Morgan fingerprint density at radius 3 is 2.66 bits per heavy atom. The van der Waals surface area contributed by atoms with E-state index in [1.165, 1.54) is 23.1 Å². The second kappa shape index (κ2) is 11.7. The number of halogens is 1. The largest absolute Gasteiger partial charge is 0.391 e. The summed E-state index contributed by atoms with van der Waals surface area (Å²) < 4.78 is 20.0. The van der Waals surface area contributed by atoms with Crippen molar-refractivity contribution in [2.75, 3.05) is 14.2 Å². The molecule has 0 aliphatic carbocycles. The highest BCUT2D eigenvalue weighted by molar-refractivity contribution is 8.00. The van der Waals surface area contributed by atoms with Crippen LogP contribution in [-0.2, 0) is 14.2 Å². The van der Waals surface area contributed by atoms with E-state index in [2.05, 4.69) is 25.3 Å². The zero-order valence-corrected chi connectivity index (χ0v) is 23.5. The lowest BCUT2D eigenvalue weighted by molar-refractivity contribution is -0.208. The maximum absolute atomic E-state index is 10.7. The number of methoxy groups -OCH3 is 2. The van der Waals surface area contributed by atoms with E-state index < -0.39 is 35.9 Å². The van der Waals surface area contributed by atoms with E-state index in [0.29, 0.717) is 22.1 Å². The second-order valence-corrected chi connectivity index (χ2v) is 11.2. The maximum Gasteiger partial charge on any atom is 0.145 e. The van der Waals surface area contributed by atoms with E-state index in [9.17, 15) is 5.11 Å². The number of aryl methyl sites for hydroxylation is 1. The van der Waals surface area contributed by atoms with Gasteiger partial charge in [-0.05, 0) is 32.0 Å². The van der Waals surface area contributed by atoms with Crippen LogP contribution in [0, 0.1) is 6.92 Å². The summed E-state index contributed by atoms with van der Waals surface area (Å²) in [6.45, 7) is 3.61. The number of aromatic nitrogens is 6. The van der Waals surface area contributed by atoms with Crippen molar-refractivity contribution in [2.45, 2.75) is 54.6 Å². The molecule has 0 radical (unpaired) electrons. The third-order valence-corrected chi connectivity index (χ3v) is 8.57. The molecule has 0 amide bonds. The van der Waals surface area contributed by atoms with Crippen molar-refractivity contribution >= 4 is 34.7 Å². The lowest BCUT2D eigenvalue weighted by Crippen LogP contribution is -2.58. The van der Waals surface area contributed by atoms with Gasteiger partial charge in [0.05, 0.1) is 23.0 Å². The van der Waals surface area contributed by atoms with Crippen LogP contribution in [-0.4, -0.2) is 79.1 Å². The molecule has 4 aromatic heterocycles. The standard InChI is InChI=1S/C25H27ClN6O4S2/c1-13-12-37-24(29-13)17-11-32(31-30-17)20-22(34-3)21(14(2)33)36-25(23(20)35-4)38-18-9-15(26)10-28-19(18)16-7-5-6-8-27-16/h5-12,14,20-23,25,33H,1-4H3/t14?,20?,21?,22-,23?,25-/m1/s1. The van der Waals surface area contributed by atoms with Crippen molar-refractivity contribution in [3.05, 3.63) is 59.0 Å². The molecule has 1 fully saturated rings. The number of hydrogen-bond acceptors (Lipinski definition) is 11. The van der Waals surface area contributed by atoms with Gasteiger partial charge in [0.1, 0.15) is 46.2 Å². The summed E-state index contributed by atoms with van der Waals surface area (Å²) in [5.41, 5.74) is 2.36. The van der Waals surface area contributed by atoms with Crippen LogP contribution in [0.4, 0.5) is 0 Å². The molecular formula is C25H27ClN6O4S2. The Bertz CT molecular complexity index is 1370. The summed E-state index contributed by atoms with van der Waals surface area (Å²) in [6.07, 6.45) is 2.51. The van der Waals surface area contributed by atoms with Gasteiger partial charge in [0.25, 0.3) is 0 Å². The first-order valence-electron chi connectivity index (χ1n) is 11.9. The number of aliphatic hydroxyl groups is 1. The zero-order valence-electron chi connectivity index (χ0n) is 21.1. The smallest absolute Gasteiger partial charge is 0.145 e. The Hall–Kier alpha value is -2.45. The highest BCUT2D eigenvalue weighted by Gasteiger charge is 2.50. The van der Waals surface area contributed by atoms with Gasteiger partial charge in [-0.3, -0.25) is 9.97 Å². The van der Waals surface area contributed by atoms with Gasteiger partial charge >= 0.3 is 0 Å². The van der Waals surface area contributed by atoms with Crippen LogP contribution in [0.5, 0.6) is 0 Å². The summed E-state index contributed by atoms with van der Waals surface area (Å²) in [4.78, 5) is 14.3. The quantitative estimate of drug-likeness (QED) is 0.326. The van der Waals surface area contributed by atoms with Crippen LogP contribution in [0.2, 0.25) is 5.02 Å². The van der Waals surface area contributed by atoms with Crippen molar-refractivity contribution in [3.8, 4) is 22.1 Å². The second-order valence-electron chi connectivity index (χ2n) is 8.81. The van der Waals surface area contributed by atoms with Crippen LogP contribution in [0.25, 0.3) is 22.1 Å². The third kappa shape index (κ3) is 5.48. The summed E-state index contributed by atoms with van der Waals surface area (Å²) in [6, 6.07) is 6.99. The summed E-state index contributed by atoms with van der Waals surface area (Å²) in [5.74, 6) is 0. The van der Waals surface area contributed by atoms with Crippen LogP contribution in [0.3, 0.4) is 0 Å². The molecule has 10 nitrogen and oxygen atoms in total. The molecule has 0 saturated carbocycles. The number of hydrogen-bond donors (Lipinski definition) is 1. The average Bonchev–Trinajstić information content (AvgIpc) is 3.57. The SMILES string of the molecule is COC1C(n2cc(-c3nc(C)cs3)nn2)[C@@H](OC)C(C(C)O)O[C@@H]1Sc1cc(Cl)cnc1-c1ccccn1. The first-order valence-corrected chi connectivity index (χ1v) is 14.0. The number of thiazole rings is 1. The zero-order chi connectivity index (χ0) is 26.8. The predicted molar refractivity (Wildman–Crippen MR) is 145 cm³/mol. The molecule has 1 aliphatic heterocycles. The molecule has 13 heteroatoms. The van der Waals surface area contributed by atoms with E-state index in [1.54, 1.807) is 38.2 Å². The van der Waals surface area contributed by atoms with Crippen molar-refractivity contribution in [1.82, 2.24) is 29.9 Å².